The first-order valence-electron chi connectivity index (χ1n) is 3.93. The van der Waals surface area contributed by atoms with Crippen LogP contribution < -0.4 is 0 Å². The highest BCUT2D eigenvalue weighted by molar-refractivity contribution is 5.85. The third kappa shape index (κ3) is 7.73. The van der Waals surface area contributed by atoms with Gasteiger partial charge in [-0.3, -0.25) is 0 Å². The molecule has 1 atom stereocenters. The third-order valence-corrected chi connectivity index (χ3v) is 1.54. The van der Waals surface area contributed by atoms with Crippen molar-refractivity contribution in [1.82, 2.24) is 4.90 Å². The van der Waals surface area contributed by atoms with Gasteiger partial charge in [-0.2, -0.15) is 0 Å². The molecule has 0 aliphatic carbocycles. The fourth-order valence-electron chi connectivity index (χ4n) is 0.457. The SMILES string of the molecule is CCN=C=NCC(C)N(C)C.Cl. The summed E-state index contributed by atoms with van der Waals surface area (Å²) in [5, 5.41) is 0. The first-order valence-corrected chi connectivity index (χ1v) is 3.93. The van der Waals surface area contributed by atoms with Gasteiger partial charge in [0.25, 0.3) is 0 Å². The maximum absolute atomic E-state index is 4.02. The highest BCUT2D eigenvalue weighted by atomic mass is 35.5. The molecule has 0 spiro atoms. The quantitative estimate of drug-likeness (QED) is 0.620. The summed E-state index contributed by atoms with van der Waals surface area (Å²) >= 11 is 0. The molecule has 0 aromatic carbocycles. The smallest absolute Gasteiger partial charge is 0.0893 e. The van der Waals surface area contributed by atoms with E-state index in [1.54, 1.807) is 0 Å². The first kappa shape index (κ1) is 14.2. The number of hydrogen-bond donors (Lipinski definition) is 0. The van der Waals surface area contributed by atoms with Crippen LogP contribution in [-0.4, -0.2) is 44.1 Å². The summed E-state index contributed by atoms with van der Waals surface area (Å²) < 4.78 is 0. The van der Waals surface area contributed by atoms with E-state index in [0.717, 1.165) is 13.1 Å². The molecule has 3 nitrogen and oxygen atoms in total. The average molecular weight is 192 g/mol. The number of hydrogen-bond acceptors (Lipinski definition) is 3. The van der Waals surface area contributed by atoms with E-state index in [0.29, 0.717) is 6.04 Å². The van der Waals surface area contributed by atoms with Crippen LogP contribution in [0.15, 0.2) is 9.98 Å². The van der Waals surface area contributed by atoms with Crippen LogP contribution in [0, 0.1) is 0 Å². The zero-order valence-electron chi connectivity index (χ0n) is 8.24. The van der Waals surface area contributed by atoms with Gasteiger partial charge >= 0.3 is 0 Å². The number of rotatable bonds is 4. The largest absolute Gasteiger partial charge is 0.305 e. The molecule has 0 rings (SSSR count). The Morgan fingerprint density at radius 2 is 1.92 bits per heavy atom. The summed E-state index contributed by atoms with van der Waals surface area (Å²) in [5.74, 6) is 0. The maximum atomic E-state index is 4.02. The van der Waals surface area contributed by atoms with E-state index >= 15 is 0 Å². The normalized spacial score (nSPS) is 11.4. The summed E-state index contributed by atoms with van der Waals surface area (Å²) in [6.45, 7) is 5.63. The molecule has 0 radical (unpaired) electrons. The lowest BCUT2D eigenvalue weighted by molar-refractivity contribution is 0.321. The molecule has 4 heteroatoms. The van der Waals surface area contributed by atoms with Crippen molar-refractivity contribution in [3.63, 3.8) is 0 Å². The maximum Gasteiger partial charge on any atom is 0.0893 e. The fourth-order valence-corrected chi connectivity index (χ4v) is 0.457. The van der Waals surface area contributed by atoms with Crippen LogP contribution in [0.2, 0.25) is 0 Å². The number of likely N-dealkylation sites (N-methyl/N-ethyl adjacent to an activating group) is 1. The van der Waals surface area contributed by atoms with E-state index in [4.69, 9.17) is 0 Å². The number of aliphatic imine (C=N–C) groups is 2. The Labute approximate surface area is 81.0 Å². The Kier molecular flexibility index (Phi) is 10.3. The van der Waals surface area contributed by atoms with Gasteiger partial charge in [0.1, 0.15) is 0 Å². The highest BCUT2D eigenvalue weighted by Gasteiger charge is 2.00. The Bertz CT molecular complexity index is 150. The van der Waals surface area contributed by atoms with Crippen molar-refractivity contribution in [3.05, 3.63) is 0 Å². The molecule has 72 valence electrons. The van der Waals surface area contributed by atoms with Crippen LogP contribution >= 0.6 is 12.4 Å². The predicted octanol–water partition coefficient (Wildman–Crippen LogP) is 1.55. The van der Waals surface area contributed by atoms with Crippen molar-refractivity contribution >= 4 is 18.4 Å². The van der Waals surface area contributed by atoms with Gasteiger partial charge < -0.3 is 4.90 Å². The molecule has 0 aromatic heterocycles. The summed E-state index contributed by atoms with van der Waals surface area (Å²) in [7, 11) is 4.08. The molecule has 0 N–H and O–H groups in total. The van der Waals surface area contributed by atoms with Crippen molar-refractivity contribution in [1.29, 1.82) is 0 Å². The molecule has 0 aliphatic heterocycles. The van der Waals surface area contributed by atoms with Gasteiger partial charge in [-0.05, 0) is 27.9 Å². The molecule has 0 aromatic rings. The Morgan fingerprint density at radius 3 is 2.33 bits per heavy atom. The fraction of sp³-hybridized carbons (Fsp3) is 0.875. The minimum atomic E-state index is 0. The van der Waals surface area contributed by atoms with E-state index in [2.05, 4.69) is 27.8 Å². The molecule has 1 unspecified atom stereocenters. The standard InChI is InChI=1S/C8H17N3.ClH/c1-5-9-7-10-6-8(2)11(3)4;/h8H,5-6H2,1-4H3;1H. The van der Waals surface area contributed by atoms with E-state index in [1.165, 1.54) is 0 Å². The van der Waals surface area contributed by atoms with Crippen LogP contribution in [0.1, 0.15) is 13.8 Å². The average Bonchev–Trinajstić information content (AvgIpc) is 1.97. The van der Waals surface area contributed by atoms with Crippen LogP contribution in [0.3, 0.4) is 0 Å². The second-order valence-electron chi connectivity index (χ2n) is 2.73. The van der Waals surface area contributed by atoms with Gasteiger partial charge in [0, 0.05) is 12.6 Å². The van der Waals surface area contributed by atoms with E-state index in [9.17, 15) is 0 Å². The van der Waals surface area contributed by atoms with Gasteiger partial charge in [-0.15, -0.1) is 12.4 Å². The molecule has 0 fully saturated rings. The Morgan fingerprint density at radius 1 is 1.33 bits per heavy atom. The molecule has 0 saturated heterocycles. The van der Waals surface area contributed by atoms with Crippen LogP contribution in [0.25, 0.3) is 0 Å². The van der Waals surface area contributed by atoms with Crippen molar-refractivity contribution < 1.29 is 0 Å². The molecular weight excluding hydrogens is 174 g/mol. The van der Waals surface area contributed by atoms with Gasteiger partial charge in [0.15, 0.2) is 0 Å². The van der Waals surface area contributed by atoms with Gasteiger partial charge in [0.05, 0.1) is 12.6 Å². The summed E-state index contributed by atoms with van der Waals surface area (Å²) in [4.78, 5) is 10.0. The van der Waals surface area contributed by atoms with Crippen molar-refractivity contribution in [2.45, 2.75) is 19.9 Å². The van der Waals surface area contributed by atoms with Gasteiger partial charge in [-0.1, -0.05) is 0 Å². The highest BCUT2D eigenvalue weighted by Crippen LogP contribution is 1.89. The minimum Gasteiger partial charge on any atom is -0.305 e. The van der Waals surface area contributed by atoms with Crippen LogP contribution in [-0.2, 0) is 0 Å². The topological polar surface area (TPSA) is 28.0 Å². The summed E-state index contributed by atoms with van der Waals surface area (Å²) in [6, 6.07) is 3.11. The lowest BCUT2D eigenvalue weighted by atomic mass is 10.3. The van der Waals surface area contributed by atoms with Gasteiger partial charge in [0.2, 0.25) is 0 Å². The van der Waals surface area contributed by atoms with Crippen LogP contribution in [0.4, 0.5) is 0 Å². The number of halogens is 1. The zero-order valence-corrected chi connectivity index (χ0v) is 9.06. The van der Waals surface area contributed by atoms with Crippen molar-refractivity contribution in [3.8, 4) is 0 Å². The monoisotopic (exact) mass is 191 g/mol. The van der Waals surface area contributed by atoms with Crippen molar-refractivity contribution in [2.24, 2.45) is 9.98 Å². The molecular formula is C8H18ClN3. The molecule has 0 saturated carbocycles. The number of nitrogens with zero attached hydrogens (tertiary/aromatic N) is 3. The minimum absolute atomic E-state index is 0. The lowest BCUT2D eigenvalue weighted by Gasteiger charge is -2.15. The Balaban J connectivity index is 0. The van der Waals surface area contributed by atoms with E-state index in [1.807, 2.05) is 21.0 Å². The third-order valence-electron chi connectivity index (χ3n) is 1.54. The van der Waals surface area contributed by atoms with Crippen LogP contribution in [0.5, 0.6) is 0 Å². The molecule has 0 amide bonds. The zero-order chi connectivity index (χ0) is 8.69. The summed E-state index contributed by atoms with van der Waals surface area (Å²) in [6.07, 6.45) is 0. The molecule has 0 aliphatic rings. The summed E-state index contributed by atoms with van der Waals surface area (Å²) in [5.41, 5.74) is 0. The second-order valence-corrected chi connectivity index (χ2v) is 2.73. The first-order chi connectivity index (χ1) is 5.18. The molecule has 0 heterocycles. The van der Waals surface area contributed by atoms with E-state index < -0.39 is 0 Å². The Hall–Kier alpha value is -0.370. The van der Waals surface area contributed by atoms with Gasteiger partial charge in [-0.25, -0.2) is 9.98 Å². The molecule has 12 heavy (non-hydrogen) atoms. The van der Waals surface area contributed by atoms with E-state index in [-0.39, 0.29) is 12.4 Å². The van der Waals surface area contributed by atoms with Crippen molar-refractivity contribution in [2.75, 3.05) is 27.2 Å². The predicted molar refractivity (Wildman–Crippen MR) is 55.7 cm³/mol. The second kappa shape index (κ2) is 8.72. The molecule has 0 bridgehead atoms. The lowest BCUT2D eigenvalue weighted by Crippen LogP contribution is -2.27.